The molecule has 0 aliphatic heterocycles. The summed E-state index contributed by atoms with van der Waals surface area (Å²) in [6.07, 6.45) is 1.61. The molecule has 2 aromatic rings. The zero-order valence-electron chi connectivity index (χ0n) is 13.5. The fraction of sp³-hybridized carbons (Fsp3) is 0.222. The smallest absolute Gasteiger partial charge is 0.277 e. The second-order valence-corrected chi connectivity index (χ2v) is 5.00. The molecule has 1 amide bonds. The van der Waals surface area contributed by atoms with Gasteiger partial charge in [0, 0.05) is 0 Å². The summed E-state index contributed by atoms with van der Waals surface area (Å²) in [4.78, 5) is 11.7. The maximum atomic E-state index is 11.7. The molecule has 0 aromatic heterocycles. The largest absolute Gasteiger partial charge is 0.496 e. The number of hydrogen-bond acceptors (Lipinski definition) is 4. The van der Waals surface area contributed by atoms with Crippen LogP contribution in [-0.4, -0.2) is 25.8 Å². The Balaban J connectivity index is 1.89. The summed E-state index contributed by atoms with van der Waals surface area (Å²) in [7, 11) is 1.64. The maximum absolute atomic E-state index is 11.7. The monoisotopic (exact) mass is 312 g/mol. The minimum atomic E-state index is -0.312. The van der Waals surface area contributed by atoms with Crippen LogP contribution in [0.1, 0.15) is 16.7 Å². The first kappa shape index (κ1) is 16.5. The highest BCUT2D eigenvalue weighted by Gasteiger charge is 2.05. The van der Waals surface area contributed by atoms with E-state index >= 15 is 0 Å². The summed E-state index contributed by atoms with van der Waals surface area (Å²) >= 11 is 0. The van der Waals surface area contributed by atoms with E-state index in [0.29, 0.717) is 5.75 Å². The molecule has 0 saturated heterocycles. The van der Waals surface area contributed by atoms with E-state index in [0.717, 1.165) is 22.4 Å². The number of methoxy groups -OCH3 is 1. The summed E-state index contributed by atoms with van der Waals surface area (Å²) in [6.45, 7) is 3.89. The van der Waals surface area contributed by atoms with Gasteiger partial charge in [0.1, 0.15) is 11.5 Å². The molecule has 0 unspecified atom stereocenters. The van der Waals surface area contributed by atoms with Gasteiger partial charge < -0.3 is 9.47 Å². The van der Waals surface area contributed by atoms with Crippen molar-refractivity contribution in [1.29, 1.82) is 0 Å². The third kappa shape index (κ3) is 4.57. The Labute approximate surface area is 135 Å². The number of hydrogen-bond donors (Lipinski definition) is 1. The SMILES string of the molecule is COc1ccc(C=NNC(=O)COc2ccccc2)c(C)c1C. The molecule has 0 radical (unpaired) electrons. The van der Waals surface area contributed by atoms with Crippen LogP contribution in [0.5, 0.6) is 11.5 Å². The van der Waals surface area contributed by atoms with Crippen LogP contribution in [0.15, 0.2) is 47.6 Å². The predicted octanol–water partition coefficient (Wildman–Crippen LogP) is 2.84. The number of nitrogens with one attached hydrogen (secondary N) is 1. The van der Waals surface area contributed by atoms with Gasteiger partial charge >= 0.3 is 0 Å². The summed E-state index contributed by atoms with van der Waals surface area (Å²) in [5.74, 6) is 1.17. The van der Waals surface area contributed by atoms with Crippen LogP contribution >= 0.6 is 0 Å². The van der Waals surface area contributed by atoms with E-state index in [-0.39, 0.29) is 12.5 Å². The van der Waals surface area contributed by atoms with Gasteiger partial charge in [0.05, 0.1) is 13.3 Å². The molecule has 1 N–H and O–H groups in total. The van der Waals surface area contributed by atoms with Gasteiger partial charge in [0.2, 0.25) is 0 Å². The average Bonchev–Trinajstić information content (AvgIpc) is 2.58. The third-order valence-electron chi connectivity index (χ3n) is 3.51. The van der Waals surface area contributed by atoms with Crippen molar-refractivity contribution in [3.63, 3.8) is 0 Å². The maximum Gasteiger partial charge on any atom is 0.277 e. The highest BCUT2D eigenvalue weighted by Crippen LogP contribution is 2.22. The number of carbonyl (C=O) groups is 1. The number of rotatable bonds is 6. The Morgan fingerprint density at radius 3 is 2.57 bits per heavy atom. The second-order valence-electron chi connectivity index (χ2n) is 5.00. The van der Waals surface area contributed by atoms with Crippen LogP contribution in [0.2, 0.25) is 0 Å². The molecule has 0 atom stereocenters. The molecule has 0 fully saturated rings. The van der Waals surface area contributed by atoms with Gasteiger partial charge in [0.15, 0.2) is 6.61 Å². The van der Waals surface area contributed by atoms with E-state index in [1.165, 1.54) is 0 Å². The van der Waals surface area contributed by atoms with Gasteiger partial charge in [0.25, 0.3) is 5.91 Å². The standard InChI is InChI=1S/C18H20N2O3/c1-13-14(2)17(22-3)10-9-15(13)11-19-20-18(21)12-23-16-7-5-4-6-8-16/h4-11H,12H2,1-3H3,(H,20,21). The van der Waals surface area contributed by atoms with E-state index in [2.05, 4.69) is 10.5 Å². The molecule has 2 rings (SSSR count). The van der Waals surface area contributed by atoms with E-state index in [4.69, 9.17) is 9.47 Å². The summed E-state index contributed by atoms with van der Waals surface area (Å²) in [6, 6.07) is 12.9. The van der Waals surface area contributed by atoms with Gasteiger partial charge in [-0.05, 0) is 54.8 Å². The number of benzene rings is 2. The molecule has 0 spiro atoms. The van der Waals surface area contributed by atoms with Crippen molar-refractivity contribution < 1.29 is 14.3 Å². The first-order chi connectivity index (χ1) is 11.1. The average molecular weight is 312 g/mol. The van der Waals surface area contributed by atoms with Gasteiger partial charge in [-0.25, -0.2) is 5.43 Å². The van der Waals surface area contributed by atoms with Crippen molar-refractivity contribution in [2.75, 3.05) is 13.7 Å². The van der Waals surface area contributed by atoms with Crippen LogP contribution in [-0.2, 0) is 4.79 Å². The van der Waals surface area contributed by atoms with Gasteiger partial charge in [-0.3, -0.25) is 4.79 Å². The summed E-state index contributed by atoms with van der Waals surface area (Å²) in [5.41, 5.74) is 5.48. The van der Waals surface area contributed by atoms with Crippen molar-refractivity contribution in [3.8, 4) is 11.5 Å². The van der Waals surface area contributed by atoms with E-state index in [1.54, 1.807) is 25.5 Å². The molecule has 0 heterocycles. The fourth-order valence-electron chi connectivity index (χ4n) is 2.05. The Morgan fingerprint density at radius 2 is 1.87 bits per heavy atom. The molecule has 0 saturated carbocycles. The van der Waals surface area contributed by atoms with E-state index < -0.39 is 0 Å². The topological polar surface area (TPSA) is 59.9 Å². The van der Waals surface area contributed by atoms with Crippen molar-refractivity contribution in [3.05, 3.63) is 59.2 Å². The number of amides is 1. The predicted molar refractivity (Wildman–Crippen MR) is 90.1 cm³/mol. The van der Waals surface area contributed by atoms with Crippen molar-refractivity contribution >= 4 is 12.1 Å². The first-order valence-electron chi connectivity index (χ1n) is 7.25. The minimum absolute atomic E-state index is 0.0814. The zero-order valence-corrected chi connectivity index (χ0v) is 13.5. The minimum Gasteiger partial charge on any atom is -0.496 e. The molecule has 5 nitrogen and oxygen atoms in total. The Hall–Kier alpha value is -2.82. The third-order valence-corrected chi connectivity index (χ3v) is 3.51. The lowest BCUT2D eigenvalue weighted by Crippen LogP contribution is -2.24. The van der Waals surface area contributed by atoms with Crippen LogP contribution < -0.4 is 14.9 Å². The Morgan fingerprint density at radius 1 is 1.13 bits per heavy atom. The quantitative estimate of drug-likeness (QED) is 0.659. The van der Waals surface area contributed by atoms with Crippen molar-refractivity contribution in [2.45, 2.75) is 13.8 Å². The van der Waals surface area contributed by atoms with Gasteiger partial charge in [-0.2, -0.15) is 5.10 Å². The molecular formula is C18H20N2O3. The summed E-state index contributed by atoms with van der Waals surface area (Å²) < 4.78 is 10.6. The van der Waals surface area contributed by atoms with Gasteiger partial charge in [-0.15, -0.1) is 0 Å². The lowest BCUT2D eigenvalue weighted by molar-refractivity contribution is -0.123. The second kappa shape index (κ2) is 7.98. The Kier molecular flexibility index (Phi) is 5.74. The highest BCUT2D eigenvalue weighted by atomic mass is 16.5. The normalized spacial score (nSPS) is 10.6. The van der Waals surface area contributed by atoms with E-state index in [9.17, 15) is 4.79 Å². The van der Waals surface area contributed by atoms with Crippen LogP contribution in [0, 0.1) is 13.8 Å². The lowest BCUT2D eigenvalue weighted by atomic mass is 10.0. The van der Waals surface area contributed by atoms with E-state index in [1.807, 2.05) is 44.2 Å². The molecule has 0 aliphatic carbocycles. The molecular weight excluding hydrogens is 292 g/mol. The number of para-hydroxylation sites is 1. The fourth-order valence-corrected chi connectivity index (χ4v) is 2.05. The zero-order chi connectivity index (χ0) is 16.7. The molecule has 120 valence electrons. The van der Waals surface area contributed by atoms with Crippen LogP contribution in [0.3, 0.4) is 0 Å². The van der Waals surface area contributed by atoms with Crippen molar-refractivity contribution in [2.24, 2.45) is 5.10 Å². The lowest BCUT2D eigenvalue weighted by Gasteiger charge is -2.09. The van der Waals surface area contributed by atoms with Crippen LogP contribution in [0.4, 0.5) is 0 Å². The van der Waals surface area contributed by atoms with Crippen LogP contribution in [0.25, 0.3) is 0 Å². The van der Waals surface area contributed by atoms with Gasteiger partial charge in [-0.1, -0.05) is 18.2 Å². The molecule has 2 aromatic carbocycles. The number of carbonyl (C=O) groups excluding carboxylic acids is 1. The number of hydrazone groups is 1. The van der Waals surface area contributed by atoms with Crippen molar-refractivity contribution in [1.82, 2.24) is 5.43 Å². The summed E-state index contributed by atoms with van der Waals surface area (Å²) in [5, 5.41) is 3.97. The molecule has 0 bridgehead atoms. The highest BCUT2D eigenvalue weighted by molar-refractivity contribution is 5.85. The Bertz CT molecular complexity index is 697. The molecule has 0 aliphatic rings. The molecule has 23 heavy (non-hydrogen) atoms. The first-order valence-corrected chi connectivity index (χ1v) is 7.25. The number of ether oxygens (including phenoxy) is 2. The number of nitrogens with zero attached hydrogens (tertiary/aromatic N) is 1. The molecule has 5 heteroatoms.